The Labute approximate surface area is 129 Å². The molecule has 0 unspecified atom stereocenters. The molecule has 0 spiro atoms. The molecule has 4 aromatic rings. The number of aromatic nitrogens is 2. The van der Waals surface area contributed by atoms with E-state index in [4.69, 9.17) is 4.98 Å². The minimum atomic E-state index is 0.979. The molecular formula is C20H16N2. The van der Waals surface area contributed by atoms with Gasteiger partial charge in [0, 0.05) is 11.3 Å². The van der Waals surface area contributed by atoms with Crippen LogP contribution in [-0.4, -0.2) is 9.55 Å². The van der Waals surface area contributed by atoms with E-state index in [1.165, 1.54) is 5.56 Å². The molecule has 0 bridgehead atoms. The van der Waals surface area contributed by atoms with Crippen molar-refractivity contribution in [3.63, 3.8) is 0 Å². The van der Waals surface area contributed by atoms with Crippen molar-refractivity contribution in [1.29, 1.82) is 0 Å². The number of hydrogen-bond acceptors (Lipinski definition) is 1. The van der Waals surface area contributed by atoms with Gasteiger partial charge >= 0.3 is 0 Å². The standard InChI is InChI=1S/C20H16N2/c1-15-12-13-18-19(14-15)22(17-10-6-3-7-11-17)20(21-18)16-8-4-2-5-9-16/h2-14H,1H3. The molecule has 22 heavy (non-hydrogen) atoms. The highest BCUT2D eigenvalue weighted by atomic mass is 15.1. The normalized spacial score (nSPS) is 11.0. The minimum absolute atomic E-state index is 0.979. The van der Waals surface area contributed by atoms with Crippen molar-refractivity contribution < 1.29 is 0 Å². The van der Waals surface area contributed by atoms with Gasteiger partial charge in [0.1, 0.15) is 5.82 Å². The topological polar surface area (TPSA) is 17.8 Å². The van der Waals surface area contributed by atoms with Crippen LogP contribution in [-0.2, 0) is 0 Å². The van der Waals surface area contributed by atoms with Gasteiger partial charge in [0.15, 0.2) is 0 Å². The summed E-state index contributed by atoms with van der Waals surface area (Å²) in [5.41, 5.74) is 5.66. The van der Waals surface area contributed by atoms with Crippen molar-refractivity contribution in [3.8, 4) is 17.1 Å². The van der Waals surface area contributed by atoms with E-state index in [2.05, 4.69) is 78.2 Å². The Morgan fingerprint density at radius 1 is 0.773 bits per heavy atom. The molecular weight excluding hydrogens is 268 g/mol. The first-order chi connectivity index (χ1) is 10.8. The average Bonchev–Trinajstić information content (AvgIpc) is 2.95. The van der Waals surface area contributed by atoms with E-state index in [1.807, 2.05) is 12.1 Å². The summed E-state index contributed by atoms with van der Waals surface area (Å²) in [4.78, 5) is 4.86. The molecule has 0 amide bonds. The molecule has 0 aliphatic rings. The Bertz CT molecular complexity index is 922. The summed E-state index contributed by atoms with van der Waals surface area (Å²) in [5, 5.41) is 0. The number of para-hydroxylation sites is 1. The molecule has 2 heteroatoms. The smallest absolute Gasteiger partial charge is 0.145 e. The van der Waals surface area contributed by atoms with E-state index in [0.717, 1.165) is 28.1 Å². The predicted molar refractivity (Wildman–Crippen MR) is 91.2 cm³/mol. The summed E-state index contributed by atoms with van der Waals surface area (Å²) in [7, 11) is 0. The number of hydrogen-bond donors (Lipinski definition) is 0. The van der Waals surface area contributed by atoms with Gasteiger partial charge in [-0.3, -0.25) is 4.57 Å². The van der Waals surface area contributed by atoms with Gasteiger partial charge in [0.25, 0.3) is 0 Å². The minimum Gasteiger partial charge on any atom is -0.292 e. The third kappa shape index (κ3) is 2.09. The maximum absolute atomic E-state index is 4.86. The van der Waals surface area contributed by atoms with Gasteiger partial charge in [0.2, 0.25) is 0 Å². The van der Waals surface area contributed by atoms with Crippen molar-refractivity contribution in [2.75, 3.05) is 0 Å². The highest BCUT2D eigenvalue weighted by Gasteiger charge is 2.13. The van der Waals surface area contributed by atoms with Crippen LogP contribution in [0.25, 0.3) is 28.1 Å². The number of fused-ring (bicyclic) bond motifs is 1. The molecule has 2 nitrogen and oxygen atoms in total. The second kappa shape index (κ2) is 5.15. The maximum Gasteiger partial charge on any atom is 0.145 e. The number of rotatable bonds is 2. The van der Waals surface area contributed by atoms with Crippen molar-refractivity contribution >= 4 is 11.0 Å². The number of aryl methyl sites for hydroxylation is 1. The molecule has 0 saturated heterocycles. The number of nitrogens with zero attached hydrogens (tertiary/aromatic N) is 2. The lowest BCUT2D eigenvalue weighted by atomic mass is 10.2. The van der Waals surface area contributed by atoms with Gasteiger partial charge in [-0.25, -0.2) is 4.98 Å². The SMILES string of the molecule is Cc1ccc2nc(-c3ccccc3)n(-c3ccccc3)c2c1. The van der Waals surface area contributed by atoms with Crippen LogP contribution in [0.4, 0.5) is 0 Å². The Morgan fingerprint density at radius 3 is 2.18 bits per heavy atom. The van der Waals surface area contributed by atoms with Crippen LogP contribution in [0.3, 0.4) is 0 Å². The monoisotopic (exact) mass is 284 g/mol. The molecule has 1 heterocycles. The van der Waals surface area contributed by atoms with Gasteiger partial charge in [-0.15, -0.1) is 0 Å². The first-order valence-corrected chi connectivity index (χ1v) is 7.43. The molecule has 3 aromatic carbocycles. The third-order valence-corrected chi connectivity index (χ3v) is 3.86. The predicted octanol–water partition coefficient (Wildman–Crippen LogP) is 5.00. The van der Waals surface area contributed by atoms with Gasteiger partial charge in [-0.2, -0.15) is 0 Å². The Kier molecular flexibility index (Phi) is 3.01. The summed E-state index contributed by atoms with van der Waals surface area (Å²) in [5.74, 6) is 0.979. The molecule has 0 atom stereocenters. The van der Waals surface area contributed by atoms with Crippen LogP contribution < -0.4 is 0 Å². The molecule has 106 valence electrons. The molecule has 4 rings (SSSR count). The molecule has 0 N–H and O–H groups in total. The molecule has 0 radical (unpaired) electrons. The van der Waals surface area contributed by atoms with E-state index in [0.29, 0.717) is 0 Å². The lowest BCUT2D eigenvalue weighted by molar-refractivity contribution is 1.10. The zero-order valence-corrected chi connectivity index (χ0v) is 12.4. The van der Waals surface area contributed by atoms with Gasteiger partial charge in [-0.1, -0.05) is 54.6 Å². The van der Waals surface area contributed by atoms with Crippen LogP contribution in [0, 0.1) is 6.92 Å². The van der Waals surface area contributed by atoms with E-state index >= 15 is 0 Å². The summed E-state index contributed by atoms with van der Waals surface area (Å²) in [6, 6.07) is 27.1. The third-order valence-electron chi connectivity index (χ3n) is 3.86. The van der Waals surface area contributed by atoms with Crippen LogP contribution in [0.2, 0.25) is 0 Å². The van der Waals surface area contributed by atoms with Crippen LogP contribution in [0.15, 0.2) is 78.9 Å². The maximum atomic E-state index is 4.86. The van der Waals surface area contributed by atoms with Gasteiger partial charge in [0.05, 0.1) is 11.0 Å². The summed E-state index contributed by atoms with van der Waals surface area (Å²) in [6.07, 6.45) is 0. The van der Waals surface area contributed by atoms with E-state index in [1.54, 1.807) is 0 Å². The van der Waals surface area contributed by atoms with Crippen molar-refractivity contribution in [3.05, 3.63) is 84.4 Å². The van der Waals surface area contributed by atoms with Crippen LogP contribution in [0.5, 0.6) is 0 Å². The van der Waals surface area contributed by atoms with Crippen molar-refractivity contribution in [2.24, 2.45) is 0 Å². The zero-order chi connectivity index (χ0) is 14.9. The fraction of sp³-hybridized carbons (Fsp3) is 0.0500. The molecule has 0 saturated carbocycles. The molecule has 0 aliphatic heterocycles. The van der Waals surface area contributed by atoms with E-state index in [-0.39, 0.29) is 0 Å². The van der Waals surface area contributed by atoms with Gasteiger partial charge < -0.3 is 0 Å². The fourth-order valence-electron chi connectivity index (χ4n) is 2.80. The fourth-order valence-corrected chi connectivity index (χ4v) is 2.80. The lowest BCUT2D eigenvalue weighted by Crippen LogP contribution is -1.97. The van der Waals surface area contributed by atoms with Crippen molar-refractivity contribution in [1.82, 2.24) is 9.55 Å². The first-order valence-electron chi connectivity index (χ1n) is 7.43. The quantitative estimate of drug-likeness (QED) is 0.506. The highest BCUT2D eigenvalue weighted by molar-refractivity contribution is 5.83. The highest BCUT2D eigenvalue weighted by Crippen LogP contribution is 2.28. The lowest BCUT2D eigenvalue weighted by Gasteiger charge is -2.09. The Balaban J connectivity index is 2.08. The zero-order valence-electron chi connectivity index (χ0n) is 12.4. The number of imidazole rings is 1. The second-order valence-electron chi connectivity index (χ2n) is 5.46. The first kappa shape index (κ1) is 12.8. The van der Waals surface area contributed by atoms with Gasteiger partial charge in [-0.05, 0) is 36.8 Å². The van der Waals surface area contributed by atoms with E-state index < -0.39 is 0 Å². The summed E-state index contributed by atoms with van der Waals surface area (Å²) in [6.45, 7) is 2.12. The van der Waals surface area contributed by atoms with Crippen LogP contribution in [0.1, 0.15) is 5.56 Å². The summed E-state index contributed by atoms with van der Waals surface area (Å²) >= 11 is 0. The van der Waals surface area contributed by atoms with Crippen molar-refractivity contribution in [2.45, 2.75) is 6.92 Å². The molecule has 0 aliphatic carbocycles. The average molecular weight is 284 g/mol. The molecule has 0 fully saturated rings. The van der Waals surface area contributed by atoms with Crippen LogP contribution >= 0.6 is 0 Å². The number of benzene rings is 3. The largest absolute Gasteiger partial charge is 0.292 e. The summed E-state index contributed by atoms with van der Waals surface area (Å²) < 4.78 is 2.23. The Hall–Kier alpha value is -2.87. The Morgan fingerprint density at radius 2 is 1.45 bits per heavy atom. The second-order valence-corrected chi connectivity index (χ2v) is 5.46. The molecule has 1 aromatic heterocycles. The van der Waals surface area contributed by atoms with E-state index in [9.17, 15) is 0 Å².